The van der Waals surface area contributed by atoms with Crippen molar-refractivity contribution < 1.29 is 13.5 Å². The van der Waals surface area contributed by atoms with E-state index in [0.717, 1.165) is 36.8 Å². The molecular weight excluding hydrogens is 382 g/mol. The molecule has 0 aliphatic heterocycles. The molecule has 0 spiro atoms. The summed E-state index contributed by atoms with van der Waals surface area (Å²) in [4.78, 5) is 0.301. The minimum absolute atomic E-state index is 0.0934. The van der Waals surface area contributed by atoms with Crippen LogP contribution in [-0.2, 0) is 10.0 Å². The summed E-state index contributed by atoms with van der Waals surface area (Å²) in [5.74, 6) is 6.35. The maximum absolute atomic E-state index is 13.4. The van der Waals surface area contributed by atoms with Crippen LogP contribution in [0.3, 0.4) is 0 Å². The summed E-state index contributed by atoms with van der Waals surface area (Å²) in [7, 11) is -3.65. The van der Waals surface area contributed by atoms with Crippen LogP contribution in [0.25, 0.3) is 0 Å². The van der Waals surface area contributed by atoms with Crippen molar-refractivity contribution >= 4 is 10.0 Å². The normalized spacial score (nSPS) is 25.8. The van der Waals surface area contributed by atoms with Gasteiger partial charge in [-0.1, -0.05) is 54.2 Å². The maximum Gasteiger partial charge on any atom is 0.243 e. The molecule has 0 bridgehead atoms. The number of aryl methyl sites for hydroxylation is 1. The molecule has 2 aromatic carbocycles. The molecule has 152 valence electrons. The van der Waals surface area contributed by atoms with Gasteiger partial charge < -0.3 is 5.11 Å². The SMILES string of the molecule is Cc1ccc(S(=O)(=O)N(CC#Cc2ccccc2)CC23CCCC(O)C2C3)cc1. The second-order valence-corrected chi connectivity index (χ2v) is 10.3. The van der Waals surface area contributed by atoms with E-state index in [4.69, 9.17) is 0 Å². The van der Waals surface area contributed by atoms with Crippen molar-refractivity contribution in [1.82, 2.24) is 4.31 Å². The highest BCUT2D eigenvalue weighted by Gasteiger charge is 2.59. The van der Waals surface area contributed by atoms with Crippen LogP contribution in [0.5, 0.6) is 0 Å². The summed E-state index contributed by atoms with van der Waals surface area (Å²) in [5, 5.41) is 10.3. The summed E-state index contributed by atoms with van der Waals surface area (Å²) in [6.45, 7) is 2.51. The number of hydrogen-bond acceptors (Lipinski definition) is 3. The Balaban J connectivity index is 1.60. The topological polar surface area (TPSA) is 57.6 Å². The molecule has 5 heteroatoms. The Morgan fingerprint density at radius 2 is 1.86 bits per heavy atom. The molecule has 3 unspecified atom stereocenters. The maximum atomic E-state index is 13.4. The van der Waals surface area contributed by atoms with E-state index >= 15 is 0 Å². The molecule has 4 rings (SSSR count). The number of hydrogen-bond donors (Lipinski definition) is 1. The first-order valence-corrected chi connectivity index (χ1v) is 11.6. The molecule has 1 N–H and O–H groups in total. The molecular formula is C24H27NO3S. The third-order valence-corrected chi connectivity index (χ3v) is 8.11. The zero-order chi connectivity index (χ0) is 20.5. The minimum atomic E-state index is -3.65. The minimum Gasteiger partial charge on any atom is -0.393 e. The van der Waals surface area contributed by atoms with Gasteiger partial charge in [-0.05, 0) is 61.8 Å². The Morgan fingerprint density at radius 1 is 1.14 bits per heavy atom. The molecule has 2 fully saturated rings. The van der Waals surface area contributed by atoms with Gasteiger partial charge in [0.05, 0.1) is 17.5 Å². The van der Waals surface area contributed by atoms with Crippen molar-refractivity contribution in [2.24, 2.45) is 11.3 Å². The predicted molar refractivity (Wildman–Crippen MR) is 114 cm³/mol. The monoisotopic (exact) mass is 409 g/mol. The fraction of sp³-hybridized carbons (Fsp3) is 0.417. The Morgan fingerprint density at radius 3 is 2.59 bits per heavy atom. The van der Waals surface area contributed by atoms with Gasteiger partial charge in [-0.25, -0.2) is 8.42 Å². The van der Waals surface area contributed by atoms with E-state index in [1.165, 1.54) is 4.31 Å². The number of nitrogens with zero attached hydrogens (tertiary/aromatic N) is 1. The standard InChI is InChI=1S/C24H27NO3S/c1-19-11-13-21(14-12-19)29(27,28)25(16-6-9-20-7-3-2-4-8-20)18-24-15-5-10-23(26)22(24)17-24/h2-4,7-8,11-14,22-23,26H,5,10,15-18H2,1H3. The highest BCUT2D eigenvalue weighted by molar-refractivity contribution is 7.89. The van der Waals surface area contributed by atoms with Crippen molar-refractivity contribution in [2.75, 3.05) is 13.1 Å². The van der Waals surface area contributed by atoms with Crippen molar-refractivity contribution in [3.05, 3.63) is 65.7 Å². The fourth-order valence-electron chi connectivity index (χ4n) is 4.52. The van der Waals surface area contributed by atoms with E-state index in [9.17, 15) is 13.5 Å². The molecule has 4 nitrogen and oxygen atoms in total. The molecule has 3 atom stereocenters. The van der Waals surface area contributed by atoms with Gasteiger partial charge in [-0.15, -0.1) is 0 Å². The van der Waals surface area contributed by atoms with Gasteiger partial charge in [-0.3, -0.25) is 0 Å². The lowest BCUT2D eigenvalue weighted by atomic mass is 9.86. The lowest BCUT2D eigenvalue weighted by Crippen LogP contribution is -2.39. The third-order valence-electron chi connectivity index (χ3n) is 6.30. The van der Waals surface area contributed by atoms with E-state index in [1.54, 1.807) is 12.1 Å². The van der Waals surface area contributed by atoms with Gasteiger partial charge in [0.15, 0.2) is 0 Å². The Labute approximate surface area is 173 Å². The van der Waals surface area contributed by atoms with Crippen LogP contribution in [0.1, 0.15) is 36.8 Å². The fourth-order valence-corrected chi connectivity index (χ4v) is 5.96. The number of benzene rings is 2. The van der Waals surface area contributed by atoms with E-state index in [-0.39, 0.29) is 24.0 Å². The van der Waals surface area contributed by atoms with Crippen LogP contribution < -0.4 is 0 Å². The number of aliphatic hydroxyl groups is 1. The summed E-state index contributed by atoms with van der Waals surface area (Å²) < 4.78 is 28.3. The second-order valence-electron chi connectivity index (χ2n) is 8.39. The van der Waals surface area contributed by atoms with Crippen LogP contribution >= 0.6 is 0 Å². The van der Waals surface area contributed by atoms with Crippen molar-refractivity contribution in [3.8, 4) is 11.8 Å². The van der Waals surface area contributed by atoms with Crippen LogP contribution in [0, 0.1) is 30.1 Å². The van der Waals surface area contributed by atoms with Crippen LogP contribution in [-0.4, -0.2) is 37.0 Å². The molecule has 0 aromatic heterocycles. The predicted octanol–water partition coefficient (Wildman–Crippen LogP) is 3.59. The molecule has 2 aromatic rings. The third kappa shape index (κ3) is 4.25. The molecule has 2 saturated carbocycles. The molecule has 0 saturated heterocycles. The summed E-state index contributed by atoms with van der Waals surface area (Å²) in [6.07, 6.45) is 3.35. The van der Waals surface area contributed by atoms with Crippen molar-refractivity contribution in [3.63, 3.8) is 0 Å². The van der Waals surface area contributed by atoms with E-state index in [1.807, 2.05) is 49.4 Å². The Hall–Kier alpha value is -2.13. The smallest absolute Gasteiger partial charge is 0.243 e. The highest BCUT2D eigenvalue weighted by Crippen LogP contribution is 2.61. The number of fused-ring (bicyclic) bond motifs is 1. The van der Waals surface area contributed by atoms with Crippen LogP contribution in [0.15, 0.2) is 59.5 Å². The van der Waals surface area contributed by atoms with Crippen LogP contribution in [0.2, 0.25) is 0 Å². The van der Waals surface area contributed by atoms with Gasteiger partial charge in [0, 0.05) is 12.1 Å². The lowest BCUT2D eigenvalue weighted by molar-refractivity contribution is 0.0874. The summed E-state index contributed by atoms with van der Waals surface area (Å²) >= 11 is 0. The summed E-state index contributed by atoms with van der Waals surface area (Å²) in [5.41, 5.74) is 1.80. The van der Waals surface area contributed by atoms with Gasteiger partial charge in [0.2, 0.25) is 10.0 Å². The quantitative estimate of drug-likeness (QED) is 0.768. The van der Waals surface area contributed by atoms with Gasteiger partial charge >= 0.3 is 0 Å². The average Bonchev–Trinajstić information content (AvgIpc) is 3.44. The lowest BCUT2D eigenvalue weighted by Gasteiger charge is -2.30. The Bertz CT molecular complexity index is 1020. The van der Waals surface area contributed by atoms with Crippen molar-refractivity contribution in [1.29, 1.82) is 0 Å². The van der Waals surface area contributed by atoms with E-state index in [0.29, 0.717) is 11.4 Å². The first-order chi connectivity index (χ1) is 13.9. The molecule has 29 heavy (non-hydrogen) atoms. The zero-order valence-electron chi connectivity index (χ0n) is 16.7. The van der Waals surface area contributed by atoms with Gasteiger partial charge in [-0.2, -0.15) is 4.31 Å². The van der Waals surface area contributed by atoms with E-state index in [2.05, 4.69) is 11.8 Å². The Kier molecular flexibility index (Phi) is 5.52. The van der Waals surface area contributed by atoms with Gasteiger partial charge in [0.1, 0.15) is 0 Å². The summed E-state index contributed by atoms with van der Waals surface area (Å²) in [6, 6.07) is 16.6. The number of rotatable bonds is 5. The average molecular weight is 410 g/mol. The molecule has 2 aliphatic carbocycles. The van der Waals surface area contributed by atoms with Crippen molar-refractivity contribution in [2.45, 2.75) is 43.6 Å². The number of sulfonamides is 1. The molecule has 2 aliphatic rings. The number of aliphatic hydroxyl groups excluding tert-OH is 1. The molecule has 0 amide bonds. The largest absolute Gasteiger partial charge is 0.393 e. The second kappa shape index (κ2) is 7.95. The molecule has 0 heterocycles. The molecule has 0 radical (unpaired) electrons. The zero-order valence-corrected chi connectivity index (χ0v) is 17.5. The highest BCUT2D eigenvalue weighted by atomic mass is 32.2. The van der Waals surface area contributed by atoms with Gasteiger partial charge in [0.25, 0.3) is 0 Å². The van der Waals surface area contributed by atoms with E-state index < -0.39 is 10.0 Å². The first kappa shape index (κ1) is 20.2. The van der Waals surface area contributed by atoms with Crippen LogP contribution in [0.4, 0.5) is 0 Å². The first-order valence-electron chi connectivity index (χ1n) is 10.2.